The van der Waals surface area contributed by atoms with Gasteiger partial charge in [0.2, 0.25) is 5.91 Å². The SMILES string of the molecule is O=C(CCc1nc2sc3c(c2c(=O)[nH]1)CCC3)N1CCCC1c1nnc2ccccn12. The van der Waals surface area contributed by atoms with Crippen molar-refractivity contribution in [2.24, 2.45) is 0 Å². The Morgan fingerprint density at radius 3 is 3.10 bits per heavy atom. The number of aromatic amines is 1. The van der Waals surface area contributed by atoms with E-state index in [1.807, 2.05) is 33.7 Å². The van der Waals surface area contributed by atoms with Gasteiger partial charge < -0.3 is 9.88 Å². The molecule has 1 fully saturated rings. The van der Waals surface area contributed by atoms with Crippen LogP contribution >= 0.6 is 11.3 Å². The topological polar surface area (TPSA) is 96.2 Å². The first kappa shape index (κ1) is 18.7. The molecule has 0 bridgehead atoms. The minimum absolute atomic E-state index is 0.0617. The van der Waals surface area contributed by atoms with Gasteiger partial charge in [0, 0.05) is 30.5 Å². The number of aromatic nitrogens is 5. The maximum Gasteiger partial charge on any atom is 0.259 e. The van der Waals surface area contributed by atoms with Crippen molar-refractivity contribution in [3.05, 3.63) is 56.8 Å². The lowest BCUT2D eigenvalue weighted by molar-refractivity contribution is -0.132. The third kappa shape index (κ3) is 3.06. The Morgan fingerprint density at radius 1 is 1.23 bits per heavy atom. The van der Waals surface area contributed by atoms with Gasteiger partial charge in [-0.1, -0.05) is 6.07 Å². The number of hydrogen-bond donors (Lipinski definition) is 1. The fourth-order valence-corrected chi connectivity index (χ4v) is 6.24. The van der Waals surface area contributed by atoms with Crippen molar-refractivity contribution in [3.63, 3.8) is 0 Å². The zero-order chi connectivity index (χ0) is 20.9. The van der Waals surface area contributed by atoms with E-state index in [9.17, 15) is 9.59 Å². The van der Waals surface area contributed by atoms with Gasteiger partial charge in [0.25, 0.3) is 5.56 Å². The zero-order valence-corrected chi connectivity index (χ0v) is 17.8. The predicted molar refractivity (Wildman–Crippen MR) is 117 cm³/mol. The number of rotatable bonds is 4. The van der Waals surface area contributed by atoms with Crippen molar-refractivity contribution in [2.45, 2.75) is 51.0 Å². The number of aryl methyl sites for hydroxylation is 3. The van der Waals surface area contributed by atoms with E-state index in [2.05, 4.69) is 20.2 Å². The molecule has 0 aromatic carbocycles. The van der Waals surface area contributed by atoms with Crippen LogP contribution in [0, 0.1) is 0 Å². The fraction of sp³-hybridized carbons (Fsp3) is 0.409. The Kier molecular flexibility index (Phi) is 4.38. The number of hydrogen-bond acceptors (Lipinski definition) is 6. The van der Waals surface area contributed by atoms with E-state index in [-0.39, 0.29) is 17.5 Å². The van der Waals surface area contributed by atoms with Gasteiger partial charge in [0.15, 0.2) is 11.5 Å². The maximum absolute atomic E-state index is 13.1. The molecule has 5 heterocycles. The lowest BCUT2D eigenvalue weighted by Crippen LogP contribution is -2.32. The molecule has 0 radical (unpaired) electrons. The van der Waals surface area contributed by atoms with E-state index in [1.54, 1.807) is 11.3 Å². The number of nitrogens with one attached hydrogen (secondary N) is 1. The molecule has 6 rings (SSSR count). The van der Waals surface area contributed by atoms with E-state index in [1.165, 1.54) is 10.4 Å². The number of carbonyl (C=O) groups is 1. The van der Waals surface area contributed by atoms with Crippen LogP contribution < -0.4 is 5.56 Å². The molecule has 8 nitrogen and oxygen atoms in total. The maximum atomic E-state index is 13.1. The van der Waals surface area contributed by atoms with E-state index < -0.39 is 0 Å². The Morgan fingerprint density at radius 2 is 2.16 bits per heavy atom. The minimum atomic E-state index is -0.0698. The average Bonchev–Trinajstić information content (AvgIpc) is 3.53. The first-order valence-corrected chi connectivity index (χ1v) is 11.6. The van der Waals surface area contributed by atoms with Crippen LogP contribution in [0.1, 0.15) is 53.8 Å². The van der Waals surface area contributed by atoms with Gasteiger partial charge in [0.1, 0.15) is 10.7 Å². The largest absolute Gasteiger partial charge is 0.332 e. The number of amides is 1. The number of likely N-dealkylation sites (tertiary alicyclic amines) is 1. The number of thiophene rings is 1. The van der Waals surface area contributed by atoms with E-state index in [0.29, 0.717) is 25.2 Å². The summed E-state index contributed by atoms with van der Waals surface area (Å²) in [6, 6.07) is 5.72. The molecule has 0 saturated carbocycles. The summed E-state index contributed by atoms with van der Waals surface area (Å²) in [6.07, 6.45) is 7.62. The second-order valence-electron chi connectivity index (χ2n) is 8.28. The number of carbonyl (C=O) groups excluding carboxylic acids is 1. The Balaban J connectivity index is 1.21. The predicted octanol–water partition coefficient (Wildman–Crippen LogP) is 2.81. The molecule has 1 saturated heterocycles. The van der Waals surface area contributed by atoms with Gasteiger partial charge in [-0.05, 0) is 49.8 Å². The van der Waals surface area contributed by atoms with Crippen molar-refractivity contribution in [3.8, 4) is 0 Å². The summed E-state index contributed by atoms with van der Waals surface area (Å²) in [7, 11) is 0. The third-order valence-electron chi connectivity index (χ3n) is 6.41. The lowest BCUT2D eigenvalue weighted by Gasteiger charge is -2.23. The quantitative estimate of drug-likeness (QED) is 0.533. The van der Waals surface area contributed by atoms with Crippen LogP contribution in [0.4, 0.5) is 0 Å². The van der Waals surface area contributed by atoms with Gasteiger partial charge >= 0.3 is 0 Å². The number of pyridine rings is 1. The average molecular weight is 435 g/mol. The summed E-state index contributed by atoms with van der Waals surface area (Å²) in [5, 5.41) is 9.35. The van der Waals surface area contributed by atoms with Crippen LogP contribution in [0.15, 0.2) is 29.2 Å². The van der Waals surface area contributed by atoms with Crippen LogP contribution in [0.3, 0.4) is 0 Å². The van der Waals surface area contributed by atoms with Gasteiger partial charge in [-0.2, -0.15) is 0 Å². The Hall–Kier alpha value is -3.07. The van der Waals surface area contributed by atoms with Crippen LogP contribution in [0.5, 0.6) is 0 Å². The highest BCUT2D eigenvalue weighted by molar-refractivity contribution is 7.18. The van der Waals surface area contributed by atoms with Crippen LogP contribution in [0.2, 0.25) is 0 Å². The molecule has 1 unspecified atom stereocenters. The van der Waals surface area contributed by atoms with E-state index in [4.69, 9.17) is 0 Å². The van der Waals surface area contributed by atoms with Crippen molar-refractivity contribution in [2.75, 3.05) is 6.54 Å². The summed E-state index contributed by atoms with van der Waals surface area (Å²) in [4.78, 5) is 37.3. The molecule has 0 spiro atoms. The van der Waals surface area contributed by atoms with E-state index >= 15 is 0 Å². The smallest absolute Gasteiger partial charge is 0.259 e. The molecule has 1 aliphatic carbocycles. The molecule has 4 aromatic heterocycles. The molecule has 1 atom stereocenters. The molecule has 1 N–H and O–H groups in total. The zero-order valence-electron chi connectivity index (χ0n) is 17.0. The van der Waals surface area contributed by atoms with Crippen LogP contribution in [-0.4, -0.2) is 41.9 Å². The molecule has 1 aliphatic heterocycles. The molecule has 4 aromatic rings. The van der Waals surface area contributed by atoms with Crippen LogP contribution in [0.25, 0.3) is 15.9 Å². The molecular formula is C22H22N6O2S. The monoisotopic (exact) mass is 434 g/mol. The summed E-state index contributed by atoms with van der Waals surface area (Å²) in [5.74, 6) is 1.46. The molecular weight excluding hydrogens is 412 g/mol. The molecule has 9 heteroatoms. The second-order valence-corrected chi connectivity index (χ2v) is 9.37. The summed E-state index contributed by atoms with van der Waals surface area (Å²) in [6.45, 7) is 0.714. The lowest BCUT2D eigenvalue weighted by atomic mass is 10.2. The highest BCUT2D eigenvalue weighted by Crippen LogP contribution is 2.35. The van der Waals surface area contributed by atoms with Crippen molar-refractivity contribution >= 4 is 33.1 Å². The van der Waals surface area contributed by atoms with Crippen molar-refractivity contribution < 1.29 is 4.79 Å². The van der Waals surface area contributed by atoms with Crippen molar-refractivity contribution in [1.82, 2.24) is 29.5 Å². The Labute approximate surface area is 181 Å². The van der Waals surface area contributed by atoms with Gasteiger partial charge in [0.05, 0.1) is 11.4 Å². The Bertz CT molecular complexity index is 1370. The van der Waals surface area contributed by atoms with Crippen LogP contribution in [-0.2, 0) is 24.1 Å². The fourth-order valence-electron chi connectivity index (χ4n) is 4.95. The van der Waals surface area contributed by atoms with Gasteiger partial charge in [-0.3, -0.25) is 14.0 Å². The number of H-pyrrole nitrogens is 1. The molecule has 158 valence electrons. The first-order valence-electron chi connectivity index (χ1n) is 10.8. The molecule has 2 aliphatic rings. The highest BCUT2D eigenvalue weighted by atomic mass is 32.1. The molecule has 31 heavy (non-hydrogen) atoms. The standard InChI is InChI=1S/C22H22N6O2S/c29-18(27-12-4-6-14(27)20-26-25-17-8-1-2-11-28(17)20)10-9-16-23-21(30)19-13-5-3-7-15(13)31-22(19)24-16/h1-2,8,11,14H,3-7,9-10,12H2,(H,23,24,30). The third-order valence-corrected chi connectivity index (χ3v) is 7.60. The summed E-state index contributed by atoms with van der Waals surface area (Å²) in [5.41, 5.74) is 1.90. The van der Waals surface area contributed by atoms with Gasteiger partial charge in [-0.15, -0.1) is 21.5 Å². The summed E-state index contributed by atoms with van der Waals surface area (Å²) >= 11 is 1.63. The second kappa shape index (κ2) is 7.26. The van der Waals surface area contributed by atoms with E-state index in [0.717, 1.165) is 53.8 Å². The van der Waals surface area contributed by atoms with Crippen molar-refractivity contribution in [1.29, 1.82) is 0 Å². The summed E-state index contributed by atoms with van der Waals surface area (Å²) < 4.78 is 1.96. The highest BCUT2D eigenvalue weighted by Gasteiger charge is 2.33. The molecule has 1 amide bonds. The normalized spacial score (nSPS) is 18.3. The number of fused-ring (bicyclic) bond motifs is 4. The number of nitrogens with zero attached hydrogens (tertiary/aromatic N) is 5. The van der Waals surface area contributed by atoms with Gasteiger partial charge in [-0.25, -0.2) is 4.98 Å². The minimum Gasteiger partial charge on any atom is -0.332 e. The first-order chi connectivity index (χ1) is 15.2.